The molecule has 0 bridgehead atoms. The normalized spacial score (nSPS) is 19.1. The zero-order chi connectivity index (χ0) is 20.4. The van der Waals surface area contributed by atoms with Gasteiger partial charge in [-0.1, -0.05) is 0 Å². The maximum atomic E-state index is 12.5. The molecular formula is C21H21N3O5. The lowest BCUT2D eigenvalue weighted by atomic mass is 10.2. The minimum absolute atomic E-state index is 0.161. The molecule has 8 heteroatoms. The maximum absolute atomic E-state index is 12.5. The van der Waals surface area contributed by atoms with Crippen molar-refractivity contribution in [1.29, 1.82) is 0 Å². The number of hydrogen-bond acceptors (Lipinski definition) is 5. The van der Waals surface area contributed by atoms with Crippen LogP contribution in [0.4, 0.5) is 17.1 Å². The highest BCUT2D eigenvalue weighted by Crippen LogP contribution is 2.41. The number of rotatable bonds is 5. The van der Waals surface area contributed by atoms with Crippen LogP contribution in [0.5, 0.6) is 11.5 Å². The Bertz CT molecular complexity index is 957. The highest BCUT2D eigenvalue weighted by molar-refractivity contribution is 6.03. The van der Waals surface area contributed by atoms with Crippen LogP contribution in [0.3, 0.4) is 0 Å². The van der Waals surface area contributed by atoms with E-state index in [-0.39, 0.29) is 29.6 Å². The van der Waals surface area contributed by atoms with E-state index in [0.29, 0.717) is 48.2 Å². The Morgan fingerprint density at radius 3 is 1.90 bits per heavy atom. The molecule has 1 saturated carbocycles. The van der Waals surface area contributed by atoms with Crippen LogP contribution >= 0.6 is 0 Å². The third-order valence-corrected chi connectivity index (χ3v) is 4.75. The van der Waals surface area contributed by atoms with E-state index in [4.69, 9.17) is 9.47 Å². The largest absolute Gasteiger partial charge is 0.486 e. The quantitative estimate of drug-likeness (QED) is 0.722. The first-order chi connectivity index (χ1) is 14.0. The first kappa shape index (κ1) is 18.8. The molecule has 2 unspecified atom stereocenters. The van der Waals surface area contributed by atoms with Gasteiger partial charge in [-0.15, -0.1) is 0 Å². The molecule has 1 heterocycles. The van der Waals surface area contributed by atoms with Gasteiger partial charge in [-0.2, -0.15) is 0 Å². The molecule has 1 fully saturated rings. The second-order valence-electron chi connectivity index (χ2n) is 7.04. The Kier molecular flexibility index (Phi) is 5.07. The number of anilines is 3. The van der Waals surface area contributed by atoms with Crippen molar-refractivity contribution in [2.45, 2.75) is 13.3 Å². The van der Waals surface area contributed by atoms with Crippen LogP contribution in [0.2, 0.25) is 0 Å². The van der Waals surface area contributed by atoms with Gasteiger partial charge >= 0.3 is 0 Å². The predicted molar refractivity (Wildman–Crippen MR) is 107 cm³/mol. The second kappa shape index (κ2) is 7.83. The van der Waals surface area contributed by atoms with E-state index in [9.17, 15) is 14.4 Å². The summed E-state index contributed by atoms with van der Waals surface area (Å²) in [6, 6.07) is 12.0. The molecule has 3 N–H and O–H groups in total. The molecule has 150 valence electrons. The third kappa shape index (κ3) is 4.48. The van der Waals surface area contributed by atoms with Gasteiger partial charge in [-0.25, -0.2) is 0 Å². The summed E-state index contributed by atoms with van der Waals surface area (Å²) in [5.74, 6) is -0.0116. The van der Waals surface area contributed by atoms with E-state index in [2.05, 4.69) is 16.0 Å². The van der Waals surface area contributed by atoms with Crippen LogP contribution in [-0.2, 0) is 14.4 Å². The summed E-state index contributed by atoms with van der Waals surface area (Å²) in [5, 5.41) is 8.30. The molecule has 29 heavy (non-hydrogen) atoms. The van der Waals surface area contributed by atoms with E-state index >= 15 is 0 Å². The van der Waals surface area contributed by atoms with E-state index in [0.717, 1.165) is 0 Å². The average Bonchev–Trinajstić information content (AvgIpc) is 3.50. The van der Waals surface area contributed by atoms with Gasteiger partial charge in [0.15, 0.2) is 11.5 Å². The van der Waals surface area contributed by atoms with Crippen molar-refractivity contribution in [2.24, 2.45) is 11.8 Å². The van der Waals surface area contributed by atoms with Crippen molar-refractivity contribution in [3.63, 3.8) is 0 Å². The highest BCUT2D eigenvalue weighted by atomic mass is 16.6. The number of benzene rings is 2. The van der Waals surface area contributed by atoms with Crippen molar-refractivity contribution in [3.8, 4) is 11.5 Å². The number of hydrogen-bond donors (Lipinski definition) is 3. The number of amides is 3. The Morgan fingerprint density at radius 1 is 0.759 bits per heavy atom. The summed E-state index contributed by atoms with van der Waals surface area (Å²) < 4.78 is 11.0. The van der Waals surface area contributed by atoms with Gasteiger partial charge in [0.05, 0.1) is 11.8 Å². The van der Waals surface area contributed by atoms with Gasteiger partial charge in [0, 0.05) is 30.1 Å². The van der Waals surface area contributed by atoms with E-state index in [1.807, 2.05) is 0 Å². The number of carbonyl (C=O) groups is 3. The summed E-state index contributed by atoms with van der Waals surface area (Å²) in [7, 11) is 0. The summed E-state index contributed by atoms with van der Waals surface area (Å²) in [4.78, 5) is 35.9. The SMILES string of the molecule is CC(=O)Nc1ccc(NC(=O)C2CC2C(=O)Nc2ccc3c(c2)OCCO3)cc1. The minimum Gasteiger partial charge on any atom is -0.486 e. The van der Waals surface area contributed by atoms with Crippen molar-refractivity contribution < 1.29 is 23.9 Å². The molecule has 0 aromatic heterocycles. The number of ether oxygens (including phenoxy) is 2. The lowest BCUT2D eigenvalue weighted by molar-refractivity contribution is -0.122. The smallest absolute Gasteiger partial charge is 0.228 e. The van der Waals surface area contributed by atoms with Gasteiger partial charge in [0.2, 0.25) is 17.7 Å². The van der Waals surface area contributed by atoms with Crippen molar-refractivity contribution in [3.05, 3.63) is 42.5 Å². The molecular weight excluding hydrogens is 374 g/mol. The van der Waals surface area contributed by atoms with E-state index < -0.39 is 0 Å². The van der Waals surface area contributed by atoms with Crippen molar-refractivity contribution in [2.75, 3.05) is 29.2 Å². The van der Waals surface area contributed by atoms with E-state index in [1.54, 1.807) is 42.5 Å². The first-order valence-corrected chi connectivity index (χ1v) is 9.38. The minimum atomic E-state index is -0.359. The fourth-order valence-corrected chi connectivity index (χ4v) is 3.21. The van der Waals surface area contributed by atoms with Crippen LogP contribution in [0.1, 0.15) is 13.3 Å². The van der Waals surface area contributed by atoms with Crippen LogP contribution < -0.4 is 25.4 Å². The van der Waals surface area contributed by atoms with Crippen LogP contribution in [0.15, 0.2) is 42.5 Å². The molecule has 2 aromatic carbocycles. The molecule has 0 saturated heterocycles. The second-order valence-corrected chi connectivity index (χ2v) is 7.04. The van der Waals surface area contributed by atoms with Gasteiger partial charge < -0.3 is 25.4 Å². The summed E-state index contributed by atoms with van der Waals surface area (Å²) in [5.41, 5.74) is 1.87. The monoisotopic (exact) mass is 395 g/mol. The standard InChI is InChI=1S/C21H21N3O5/c1-12(25)22-13-2-4-14(5-3-13)23-20(26)16-11-17(16)21(27)24-15-6-7-18-19(10-15)29-9-8-28-18/h2-7,10,16-17H,8-9,11H2,1H3,(H,22,25)(H,23,26)(H,24,27). The predicted octanol–water partition coefficient (Wildman–Crippen LogP) is 2.63. The van der Waals surface area contributed by atoms with Crippen LogP contribution in [0, 0.1) is 11.8 Å². The average molecular weight is 395 g/mol. The lowest BCUT2D eigenvalue weighted by Crippen LogP contribution is -2.21. The summed E-state index contributed by atoms with van der Waals surface area (Å²) >= 11 is 0. The first-order valence-electron chi connectivity index (χ1n) is 9.38. The molecule has 1 aliphatic heterocycles. The fourth-order valence-electron chi connectivity index (χ4n) is 3.21. The number of nitrogens with one attached hydrogen (secondary N) is 3. The molecule has 2 aromatic rings. The van der Waals surface area contributed by atoms with Crippen molar-refractivity contribution >= 4 is 34.8 Å². The van der Waals surface area contributed by atoms with Gasteiger partial charge in [-0.05, 0) is 42.8 Å². The molecule has 3 amide bonds. The van der Waals surface area contributed by atoms with Crippen LogP contribution in [0.25, 0.3) is 0 Å². The third-order valence-electron chi connectivity index (χ3n) is 4.75. The van der Waals surface area contributed by atoms with Gasteiger partial charge in [0.25, 0.3) is 0 Å². The zero-order valence-corrected chi connectivity index (χ0v) is 15.9. The molecule has 2 aliphatic rings. The summed E-state index contributed by atoms with van der Waals surface area (Å²) in [6.45, 7) is 2.41. The van der Waals surface area contributed by atoms with Gasteiger partial charge in [-0.3, -0.25) is 14.4 Å². The maximum Gasteiger partial charge on any atom is 0.228 e. The summed E-state index contributed by atoms with van der Waals surface area (Å²) in [6.07, 6.45) is 0.506. The molecule has 0 radical (unpaired) electrons. The Morgan fingerprint density at radius 2 is 1.28 bits per heavy atom. The molecule has 4 rings (SSSR count). The zero-order valence-electron chi connectivity index (χ0n) is 15.9. The highest BCUT2D eigenvalue weighted by Gasteiger charge is 2.48. The lowest BCUT2D eigenvalue weighted by Gasteiger charge is -2.19. The fraction of sp³-hybridized carbons (Fsp3) is 0.286. The molecule has 8 nitrogen and oxygen atoms in total. The molecule has 0 spiro atoms. The molecule has 2 atom stereocenters. The Labute approximate surface area is 167 Å². The van der Waals surface area contributed by atoms with Crippen molar-refractivity contribution in [1.82, 2.24) is 0 Å². The Hall–Kier alpha value is -3.55. The van der Waals surface area contributed by atoms with Gasteiger partial charge in [0.1, 0.15) is 13.2 Å². The van der Waals surface area contributed by atoms with E-state index in [1.165, 1.54) is 6.92 Å². The number of carbonyl (C=O) groups excluding carboxylic acids is 3. The van der Waals surface area contributed by atoms with Crippen LogP contribution in [-0.4, -0.2) is 30.9 Å². The Balaban J connectivity index is 1.30. The number of fused-ring (bicyclic) bond motifs is 1. The molecule has 1 aliphatic carbocycles. The topological polar surface area (TPSA) is 106 Å².